The number of hydrogen-bond donors (Lipinski definition) is 0. The quantitative estimate of drug-likeness (QED) is 0.469. The Morgan fingerprint density at radius 2 is 2.18 bits per heavy atom. The zero-order chi connectivity index (χ0) is 12.4. The van der Waals surface area contributed by atoms with E-state index >= 15 is 0 Å². The Hall–Kier alpha value is -2.08. The molecule has 0 fully saturated rings. The van der Waals surface area contributed by atoms with E-state index in [1.54, 1.807) is 0 Å². The first-order valence-electron chi connectivity index (χ1n) is 4.51. The van der Waals surface area contributed by atoms with Crippen molar-refractivity contribution in [3.8, 4) is 11.3 Å². The van der Waals surface area contributed by atoms with Crippen LogP contribution in [0, 0.1) is 15.9 Å². The fraction of sp³-hybridized carbons (Fsp3) is 0. The van der Waals surface area contributed by atoms with Gasteiger partial charge in [-0.1, -0.05) is 12.1 Å². The van der Waals surface area contributed by atoms with Crippen LogP contribution in [-0.4, -0.2) is 14.9 Å². The summed E-state index contributed by atoms with van der Waals surface area (Å²) in [4.78, 5) is 17.2. The first kappa shape index (κ1) is 11.4. The van der Waals surface area contributed by atoms with Gasteiger partial charge in [-0.3, -0.25) is 10.1 Å². The van der Waals surface area contributed by atoms with Crippen molar-refractivity contribution in [3.05, 3.63) is 51.7 Å². The van der Waals surface area contributed by atoms with Gasteiger partial charge in [0.2, 0.25) is 5.28 Å². The van der Waals surface area contributed by atoms with E-state index in [1.165, 1.54) is 24.3 Å². The Kier molecular flexibility index (Phi) is 2.97. The number of non-ortho nitro benzene ring substituents is 1. The van der Waals surface area contributed by atoms with Crippen molar-refractivity contribution in [1.29, 1.82) is 0 Å². The molecule has 1 aromatic carbocycles. The lowest BCUT2D eigenvalue weighted by Crippen LogP contribution is -1.94. The van der Waals surface area contributed by atoms with E-state index in [0.717, 1.165) is 6.20 Å². The van der Waals surface area contributed by atoms with Crippen LogP contribution in [0.3, 0.4) is 0 Å². The van der Waals surface area contributed by atoms with Crippen molar-refractivity contribution < 1.29 is 9.31 Å². The molecule has 0 saturated heterocycles. The molecule has 2 rings (SSSR count). The van der Waals surface area contributed by atoms with Crippen molar-refractivity contribution >= 4 is 17.3 Å². The number of aromatic nitrogens is 2. The van der Waals surface area contributed by atoms with Gasteiger partial charge < -0.3 is 0 Å². The van der Waals surface area contributed by atoms with Gasteiger partial charge in [-0.15, -0.1) is 0 Å². The van der Waals surface area contributed by atoms with Gasteiger partial charge in [0.15, 0.2) is 5.82 Å². The predicted octanol–water partition coefficient (Wildman–Crippen LogP) is 2.84. The Morgan fingerprint density at radius 1 is 1.41 bits per heavy atom. The van der Waals surface area contributed by atoms with Gasteiger partial charge in [0.25, 0.3) is 5.69 Å². The molecular formula is C10H5ClFN3O2. The molecule has 0 saturated carbocycles. The van der Waals surface area contributed by atoms with E-state index in [-0.39, 0.29) is 22.2 Å². The summed E-state index contributed by atoms with van der Waals surface area (Å²) in [6.45, 7) is 0. The molecular weight excluding hydrogens is 249 g/mol. The van der Waals surface area contributed by atoms with E-state index in [9.17, 15) is 14.5 Å². The Labute approximate surface area is 100 Å². The molecule has 0 unspecified atom stereocenters. The summed E-state index contributed by atoms with van der Waals surface area (Å²) in [7, 11) is 0. The van der Waals surface area contributed by atoms with Crippen LogP contribution in [0.5, 0.6) is 0 Å². The number of benzene rings is 1. The maximum absolute atomic E-state index is 13.4. The minimum atomic E-state index is -0.685. The smallest absolute Gasteiger partial charge is 0.258 e. The van der Waals surface area contributed by atoms with Crippen molar-refractivity contribution in [2.75, 3.05) is 0 Å². The second-order valence-corrected chi connectivity index (χ2v) is 3.48. The molecule has 1 aromatic heterocycles. The normalized spacial score (nSPS) is 10.2. The number of nitro benzene ring substituents is 1. The van der Waals surface area contributed by atoms with Crippen LogP contribution in [0.1, 0.15) is 0 Å². The van der Waals surface area contributed by atoms with Crippen LogP contribution < -0.4 is 0 Å². The lowest BCUT2D eigenvalue weighted by Gasteiger charge is -2.02. The minimum absolute atomic E-state index is 0.0614. The van der Waals surface area contributed by atoms with E-state index in [2.05, 4.69) is 9.97 Å². The highest BCUT2D eigenvalue weighted by molar-refractivity contribution is 6.28. The minimum Gasteiger partial charge on any atom is -0.258 e. The van der Waals surface area contributed by atoms with E-state index in [1.807, 2.05) is 0 Å². The molecule has 0 aliphatic rings. The third-order valence-electron chi connectivity index (χ3n) is 2.05. The average molecular weight is 254 g/mol. The van der Waals surface area contributed by atoms with Gasteiger partial charge in [-0.05, 0) is 11.6 Å². The van der Waals surface area contributed by atoms with E-state index in [0.29, 0.717) is 0 Å². The second-order valence-electron chi connectivity index (χ2n) is 3.14. The summed E-state index contributed by atoms with van der Waals surface area (Å²) in [5, 5.41) is 10.5. The van der Waals surface area contributed by atoms with Gasteiger partial charge >= 0.3 is 0 Å². The summed E-state index contributed by atoms with van der Waals surface area (Å²) in [6, 6.07) is 5.49. The summed E-state index contributed by atoms with van der Waals surface area (Å²) in [5.74, 6) is -0.685. The van der Waals surface area contributed by atoms with Crippen LogP contribution in [0.4, 0.5) is 10.1 Å². The molecule has 0 amide bonds. The standard InChI is InChI=1S/C10H5ClFN3O2/c11-10-13-5-8(12)9(14-10)6-2-1-3-7(4-6)15(16)17/h1-5H. The molecule has 0 N–H and O–H groups in total. The highest BCUT2D eigenvalue weighted by atomic mass is 35.5. The van der Waals surface area contributed by atoms with Crippen molar-refractivity contribution in [2.45, 2.75) is 0 Å². The van der Waals surface area contributed by atoms with Gasteiger partial charge in [0.05, 0.1) is 11.1 Å². The van der Waals surface area contributed by atoms with Crippen LogP contribution >= 0.6 is 11.6 Å². The third kappa shape index (κ3) is 2.36. The molecule has 0 radical (unpaired) electrons. The van der Waals surface area contributed by atoms with Crippen LogP contribution in [0.15, 0.2) is 30.5 Å². The van der Waals surface area contributed by atoms with E-state index in [4.69, 9.17) is 11.6 Å². The number of rotatable bonds is 2. The third-order valence-corrected chi connectivity index (χ3v) is 2.23. The molecule has 0 aliphatic carbocycles. The molecule has 7 heteroatoms. The molecule has 0 atom stereocenters. The second kappa shape index (κ2) is 4.42. The molecule has 0 bridgehead atoms. The summed E-state index contributed by atoms with van der Waals surface area (Å²) in [6.07, 6.45) is 0.920. The highest BCUT2D eigenvalue weighted by Crippen LogP contribution is 2.24. The van der Waals surface area contributed by atoms with E-state index < -0.39 is 10.7 Å². The SMILES string of the molecule is O=[N+]([O-])c1cccc(-c2nc(Cl)ncc2F)c1. The Balaban J connectivity index is 2.56. The molecule has 0 spiro atoms. The average Bonchev–Trinajstić information content (AvgIpc) is 2.32. The number of hydrogen-bond acceptors (Lipinski definition) is 4. The first-order chi connectivity index (χ1) is 8.08. The van der Waals surface area contributed by atoms with Gasteiger partial charge in [0.1, 0.15) is 5.69 Å². The molecule has 0 aliphatic heterocycles. The summed E-state index contributed by atoms with van der Waals surface area (Å²) in [5.41, 5.74) is 0.0753. The molecule has 2 aromatic rings. The molecule has 5 nitrogen and oxygen atoms in total. The Bertz CT molecular complexity index is 592. The molecule has 1 heterocycles. The van der Waals surface area contributed by atoms with Crippen molar-refractivity contribution in [2.24, 2.45) is 0 Å². The first-order valence-corrected chi connectivity index (χ1v) is 4.88. The highest BCUT2D eigenvalue weighted by Gasteiger charge is 2.12. The van der Waals surface area contributed by atoms with Gasteiger partial charge in [-0.2, -0.15) is 0 Å². The monoisotopic (exact) mass is 253 g/mol. The van der Waals surface area contributed by atoms with Gasteiger partial charge in [0, 0.05) is 17.7 Å². The largest absolute Gasteiger partial charge is 0.270 e. The molecule has 17 heavy (non-hydrogen) atoms. The lowest BCUT2D eigenvalue weighted by atomic mass is 10.1. The number of nitro groups is 1. The van der Waals surface area contributed by atoms with Crippen LogP contribution in [0.25, 0.3) is 11.3 Å². The maximum Gasteiger partial charge on any atom is 0.270 e. The fourth-order valence-corrected chi connectivity index (χ4v) is 1.45. The van der Waals surface area contributed by atoms with Crippen molar-refractivity contribution in [1.82, 2.24) is 9.97 Å². The predicted molar refractivity (Wildman–Crippen MR) is 59.1 cm³/mol. The fourth-order valence-electron chi connectivity index (χ4n) is 1.31. The topological polar surface area (TPSA) is 68.9 Å². The van der Waals surface area contributed by atoms with Gasteiger partial charge in [-0.25, -0.2) is 14.4 Å². The van der Waals surface area contributed by atoms with Crippen LogP contribution in [-0.2, 0) is 0 Å². The zero-order valence-electron chi connectivity index (χ0n) is 8.30. The lowest BCUT2D eigenvalue weighted by molar-refractivity contribution is -0.384. The zero-order valence-corrected chi connectivity index (χ0v) is 9.06. The number of halogens is 2. The van der Waals surface area contributed by atoms with Crippen LogP contribution in [0.2, 0.25) is 5.28 Å². The molecule has 86 valence electrons. The summed E-state index contributed by atoms with van der Waals surface area (Å²) >= 11 is 5.55. The Morgan fingerprint density at radius 3 is 2.88 bits per heavy atom. The van der Waals surface area contributed by atoms with Crippen molar-refractivity contribution in [3.63, 3.8) is 0 Å². The maximum atomic E-state index is 13.4. The number of nitrogens with zero attached hydrogens (tertiary/aromatic N) is 3. The summed E-state index contributed by atoms with van der Waals surface area (Å²) < 4.78 is 13.4.